The molecule has 1 atom stereocenters. The van der Waals surface area contributed by atoms with Crippen molar-refractivity contribution < 1.29 is 4.74 Å². The zero-order valence-electron chi connectivity index (χ0n) is 7.53. The Balaban J connectivity index is 2.31. The number of nitrogens with zero attached hydrogens (tertiary/aromatic N) is 1. The predicted molar refractivity (Wildman–Crippen MR) is 51.5 cm³/mol. The molecule has 68 valence electrons. The van der Waals surface area contributed by atoms with Gasteiger partial charge in [-0.3, -0.25) is 0 Å². The Kier molecular flexibility index (Phi) is 1.93. The van der Waals surface area contributed by atoms with Gasteiger partial charge < -0.3 is 10.5 Å². The minimum absolute atomic E-state index is 0.0844. The Bertz CT molecular complexity index is 347. The molecule has 0 saturated heterocycles. The minimum atomic E-state index is 0.0844. The number of rotatable bonds is 1. The van der Waals surface area contributed by atoms with Crippen molar-refractivity contribution in [1.82, 2.24) is 0 Å². The van der Waals surface area contributed by atoms with E-state index in [1.54, 1.807) is 0 Å². The normalized spacial score (nSPS) is 21.0. The van der Waals surface area contributed by atoms with Crippen molar-refractivity contribution in [3.05, 3.63) is 35.4 Å². The summed E-state index contributed by atoms with van der Waals surface area (Å²) >= 11 is 0. The molecule has 0 aromatic heterocycles. The molecule has 1 aliphatic heterocycles. The Morgan fingerprint density at radius 3 is 2.85 bits per heavy atom. The number of amidine groups is 1. The molecular formula is C10H12N2O. The van der Waals surface area contributed by atoms with E-state index in [9.17, 15) is 0 Å². The largest absolute Gasteiger partial charge is 0.463 e. The van der Waals surface area contributed by atoms with Crippen molar-refractivity contribution in [3.63, 3.8) is 0 Å². The van der Waals surface area contributed by atoms with Crippen LogP contribution < -0.4 is 5.73 Å². The summed E-state index contributed by atoms with van der Waals surface area (Å²) in [5.74, 6) is 0. The summed E-state index contributed by atoms with van der Waals surface area (Å²) in [6.07, 6.45) is 0. The van der Waals surface area contributed by atoms with E-state index >= 15 is 0 Å². The van der Waals surface area contributed by atoms with E-state index in [0.29, 0.717) is 12.6 Å². The molecule has 1 aromatic carbocycles. The van der Waals surface area contributed by atoms with E-state index in [1.807, 2.05) is 12.1 Å². The van der Waals surface area contributed by atoms with E-state index in [-0.39, 0.29) is 6.04 Å². The first-order valence-corrected chi connectivity index (χ1v) is 4.29. The van der Waals surface area contributed by atoms with Gasteiger partial charge in [0.15, 0.2) is 0 Å². The molecule has 0 amide bonds. The second-order valence-corrected chi connectivity index (χ2v) is 3.15. The van der Waals surface area contributed by atoms with Crippen molar-refractivity contribution in [2.75, 3.05) is 6.61 Å². The van der Waals surface area contributed by atoms with Crippen LogP contribution in [-0.2, 0) is 4.74 Å². The van der Waals surface area contributed by atoms with Gasteiger partial charge in [-0.2, -0.15) is 0 Å². The van der Waals surface area contributed by atoms with Gasteiger partial charge in [0.1, 0.15) is 12.6 Å². The monoisotopic (exact) mass is 176 g/mol. The molecule has 1 unspecified atom stereocenters. The van der Waals surface area contributed by atoms with E-state index in [4.69, 9.17) is 10.5 Å². The second-order valence-electron chi connectivity index (χ2n) is 3.15. The van der Waals surface area contributed by atoms with Gasteiger partial charge in [0.05, 0.1) is 0 Å². The molecule has 3 nitrogen and oxygen atoms in total. The molecule has 13 heavy (non-hydrogen) atoms. The summed E-state index contributed by atoms with van der Waals surface area (Å²) in [5, 5.41) is 0. The molecule has 2 N–H and O–H groups in total. The fraction of sp³-hybridized carbons (Fsp3) is 0.300. The Morgan fingerprint density at radius 1 is 1.46 bits per heavy atom. The summed E-state index contributed by atoms with van der Waals surface area (Å²) in [6, 6.07) is 8.54. The highest BCUT2D eigenvalue weighted by Crippen LogP contribution is 2.24. The fourth-order valence-corrected chi connectivity index (χ4v) is 1.51. The number of nitrogens with two attached hydrogens (primary N) is 1. The van der Waals surface area contributed by atoms with Gasteiger partial charge in [-0.05, 0) is 18.1 Å². The van der Waals surface area contributed by atoms with Crippen molar-refractivity contribution in [1.29, 1.82) is 0 Å². The predicted octanol–water partition coefficient (Wildman–Crippen LogP) is 1.38. The van der Waals surface area contributed by atoms with E-state index in [0.717, 1.165) is 0 Å². The van der Waals surface area contributed by atoms with Gasteiger partial charge >= 0.3 is 0 Å². The maximum Gasteiger partial charge on any atom is 0.282 e. The smallest absolute Gasteiger partial charge is 0.282 e. The topological polar surface area (TPSA) is 47.6 Å². The van der Waals surface area contributed by atoms with Gasteiger partial charge in [0.25, 0.3) is 6.02 Å². The van der Waals surface area contributed by atoms with Gasteiger partial charge in [-0.1, -0.05) is 24.3 Å². The van der Waals surface area contributed by atoms with Gasteiger partial charge in [0, 0.05) is 0 Å². The molecule has 0 fully saturated rings. The third kappa shape index (κ3) is 1.49. The van der Waals surface area contributed by atoms with Crippen LogP contribution in [0.1, 0.15) is 17.2 Å². The molecule has 1 heterocycles. The standard InChI is InChI=1S/C10H12N2O/c1-7-4-2-3-5-8(7)9-6-13-10(11)12-9/h2-5,9H,6H2,1H3,(H2,11,12). The van der Waals surface area contributed by atoms with Crippen LogP contribution in [0, 0.1) is 6.92 Å². The quantitative estimate of drug-likeness (QED) is 0.702. The number of hydrogen-bond donors (Lipinski definition) is 1. The lowest BCUT2D eigenvalue weighted by molar-refractivity contribution is 0.315. The van der Waals surface area contributed by atoms with Crippen LogP contribution in [0.2, 0.25) is 0 Å². The van der Waals surface area contributed by atoms with E-state index < -0.39 is 0 Å². The average Bonchev–Trinajstić information content (AvgIpc) is 2.53. The van der Waals surface area contributed by atoms with E-state index in [1.165, 1.54) is 11.1 Å². The number of aliphatic imine (C=N–C) groups is 1. The molecule has 0 bridgehead atoms. The average molecular weight is 176 g/mol. The van der Waals surface area contributed by atoms with Gasteiger partial charge in [-0.15, -0.1) is 0 Å². The lowest BCUT2D eigenvalue weighted by atomic mass is 10.0. The molecule has 3 heteroatoms. The van der Waals surface area contributed by atoms with Crippen LogP contribution in [0.5, 0.6) is 0 Å². The SMILES string of the molecule is Cc1ccccc1C1COC(N)=N1. The first-order chi connectivity index (χ1) is 6.27. The lowest BCUT2D eigenvalue weighted by Gasteiger charge is -2.07. The third-order valence-electron chi connectivity index (χ3n) is 2.22. The summed E-state index contributed by atoms with van der Waals surface area (Å²) in [6.45, 7) is 2.63. The van der Waals surface area contributed by atoms with Gasteiger partial charge in [0.2, 0.25) is 0 Å². The molecule has 0 spiro atoms. The zero-order valence-corrected chi connectivity index (χ0v) is 7.53. The number of ether oxygens (including phenoxy) is 1. The lowest BCUT2D eigenvalue weighted by Crippen LogP contribution is -2.10. The van der Waals surface area contributed by atoms with E-state index in [2.05, 4.69) is 24.0 Å². The minimum Gasteiger partial charge on any atom is -0.463 e. The number of benzene rings is 1. The van der Waals surface area contributed by atoms with Crippen LogP contribution in [0.25, 0.3) is 0 Å². The van der Waals surface area contributed by atoms with Crippen LogP contribution in [0.3, 0.4) is 0 Å². The van der Waals surface area contributed by atoms with Crippen molar-refractivity contribution >= 4 is 6.02 Å². The highest BCUT2D eigenvalue weighted by atomic mass is 16.5. The molecule has 1 aliphatic rings. The first-order valence-electron chi connectivity index (χ1n) is 4.29. The molecular weight excluding hydrogens is 164 g/mol. The van der Waals surface area contributed by atoms with Crippen LogP contribution >= 0.6 is 0 Å². The number of aryl methyl sites for hydroxylation is 1. The molecule has 0 radical (unpaired) electrons. The summed E-state index contributed by atoms with van der Waals surface area (Å²) < 4.78 is 5.10. The van der Waals surface area contributed by atoms with Crippen LogP contribution in [0.15, 0.2) is 29.3 Å². The highest BCUT2D eigenvalue weighted by Gasteiger charge is 2.19. The maximum absolute atomic E-state index is 5.44. The molecule has 0 saturated carbocycles. The Morgan fingerprint density at radius 2 is 2.23 bits per heavy atom. The second kappa shape index (κ2) is 3.09. The van der Waals surface area contributed by atoms with Crippen molar-refractivity contribution in [2.45, 2.75) is 13.0 Å². The Hall–Kier alpha value is -1.51. The fourth-order valence-electron chi connectivity index (χ4n) is 1.51. The zero-order chi connectivity index (χ0) is 9.26. The number of hydrogen-bond acceptors (Lipinski definition) is 3. The van der Waals surface area contributed by atoms with Crippen molar-refractivity contribution in [2.24, 2.45) is 10.7 Å². The molecule has 1 aromatic rings. The molecule has 0 aliphatic carbocycles. The summed E-state index contributed by atoms with van der Waals surface area (Å²) in [5.41, 5.74) is 7.87. The molecule has 2 rings (SSSR count). The first kappa shape index (κ1) is 8.10. The highest BCUT2D eigenvalue weighted by molar-refractivity contribution is 5.73. The van der Waals surface area contributed by atoms with Gasteiger partial charge in [-0.25, -0.2) is 4.99 Å². The maximum atomic E-state index is 5.44. The van der Waals surface area contributed by atoms with Crippen molar-refractivity contribution in [3.8, 4) is 0 Å². The summed E-state index contributed by atoms with van der Waals surface area (Å²) in [7, 11) is 0. The summed E-state index contributed by atoms with van der Waals surface area (Å²) in [4.78, 5) is 4.19. The Labute approximate surface area is 77.2 Å². The van der Waals surface area contributed by atoms with Crippen LogP contribution in [0.4, 0.5) is 0 Å². The van der Waals surface area contributed by atoms with Crippen LogP contribution in [-0.4, -0.2) is 12.6 Å². The third-order valence-corrected chi connectivity index (χ3v) is 2.22.